The van der Waals surface area contributed by atoms with Crippen LogP contribution in [0.1, 0.15) is 10.4 Å². The summed E-state index contributed by atoms with van der Waals surface area (Å²) in [4.78, 5) is 12.2. The molecule has 0 spiro atoms. The molecule has 0 aliphatic heterocycles. The first kappa shape index (κ1) is 13.8. The quantitative estimate of drug-likeness (QED) is 0.646. The molecule has 0 atom stereocenters. The number of hydrogen-bond donors (Lipinski definition) is 3. The lowest BCUT2D eigenvalue weighted by molar-refractivity contribution is 0.102. The average molecular weight is 297 g/mol. The van der Waals surface area contributed by atoms with Gasteiger partial charge in [-0.1, -0.05) is 12.1 Å². The van der Waals surface area contributed by atoms with E-state index in [0.717, 1.165) is 10.1 Å². The van der Waals surface area contributed by atoms with E-state index in [9.17, 15) is 4.79 Å². The summed E-state index contributed by atoms with van der Waals surface area (Å²) in [5.41, 5.74) is 1.42. The first-order chi connectivity index (χ1) is 10.1. The van der Waals surface area contributed by atoms with Crippen molar-refractivity contribution in [1.29, 1.82) is 0 Å². The first-order valence-electron chi connectivity index (χ1n) is 6.38. The Kier molecular flexibility index (Phi) is 3.75. The molecule has 21 heavy (non-hydrogen) atoms. The molecule has 4 nitrogen and oxygen atoms in total. The molecule has 0 unspecified atom stereocenters. The minimum atomic E-state index is -1.55. The summed E-state index contributed by atoms with van der Waals surface area (Å²) >= 11 is 1.63. The van der Waals surface area contributed by atoms with Crippen molar-refractivity contribution in [2.24, 2.45) is 0 Å². The van der Waals surface area contributed by atoms with Gasteiger partial charge in [0.05, 0.1) is 0 Å². The molecule has 1 amide bonds. The van der Waals surface area contributed by atoms with Crippen LogP contribution in [0, 0.1) is 0 Å². The highest BCUT2D eigenvalue weighted by Crippen LogP contribution is 2.22. The van der Waals surface area contributed by atoms with Gasteiger partial charge in [0.25, 0.3) is 5.91 Å². The maximum atomic E-state index is 12.2. The Labute approximate surface area is 125 Å². The van der Waals surface area contributed by atoms with Crippen LogP contribution in [-0.2, 0) is 0 Å². The Bertz CT molecular complexity index is 800. The van der Waals surface area contributed by atoms with Crippen LogP contribution in [-0.4, -0.2) is 23.1 Å². The van der Waals surface area contributed by atoms with E-state index in [0.29, 0.717) is 16.7 Å². The molecule has 0 aliphatic carbocycles. The van der Waals surface area contributed by atoms with Gasteiger partial charge in [-0.2, -0.15) is 0 Å². The van der Waals surface area contributed by atoms with Crippen molar-refractivity contribution < 1.29 is 14.8 Å². The van der Waals surface area contributed by atoms with Crippen molar-refractivity contribution in [2.75, 3.05) is 5.32 Å². The van der Waals surface area contributed by atoms with Crippen LogP contribution >= 0.6 is 11.3 Å². The summed E-state index contributed by atoms with van der Waals surface area (Å²) < 4.78 is 1.14. The second-order valence-electron chi connectivity index (χ2n) is 4.63. The van der Waals surface area contributed by atoms with Crippen LogP contribution in [0.15, 0.2) is 53.9 Å². The van der Waals surface area contributed by atoms with Crippen LogP contribution in [0.3, 0.4) is 0 Å². The topological polar surface area (TPSA) is 69.6 Å². The minimum absolute atomic E-state index is 0.229. The Morgan fingerprint density at radius 1 is 1.10 bits per heavy atom. The van der Waals surface area contributed by atoms with E-state index in [1.165, 1.54) is 6.07 Å². The first-order valence-corrected chi connectivity index (χ1v) is 7.26. The highest BCUT2D eigenvalue weighted by Gasteiger charge is 2.12. The van der Waals surface area contributed by atoms with Gasteiger partial charge in [0.2, 0.25) is 0 Å². The highest BCUT2D eigenvalue weighted by atomic mass is 32.1. The Hall–Kier alpha value is -2.15. The molecule has 3 aromatic rings. The molecule has 3 rings (SSSR count). The van der Waals surface area contributed by atoms with Crippen molar-refractivity contribution in [1.82, 2.24) is 0 Å². The number of amides is 1. The molecule has 3 N–H and O–H groups in total. The fourth-order valence-corrected chi connectivity index (χ4v) is 2.86. The Morgan fingerprint density at radius 3 is 2.76 bits per heavy atom. The maximum absolute atomic E-state index is 12.2. The maximum Gasteiger partial charge on any atom is 0.488 e. The molecule has 104 valence electrons. The third-order valence-electron chi connectivity index (χ3n) is 3.16. The van der Waals surface area contributed by atoms with E-state index in [2.05, 4.69) is 5.32 Å². The average Bonchev–Trinajstić information content (AvgIpc) is 2.94. The number of hydrogen-bond acceptors (Lipinski definition) is 4. The third kappa shape index (κ3) is 2.97. The standard InChI is InChI=1S/C15H12BNO3S/c18-15(11-4-5-14-10(8-11)6-7-21-14)17-13-3-1-2-12(9-13)16(19)20/h1-9,19-20H,(H,17,18). The molecule has 1 aromatic heterocycles. The van der Waals surface area contributed by atoms with Crippen molar-refractivity contribution in [2.45, 2.75) is 0 Å². The lowest BCUT2D eigenvalue weighted by Gasteiger charge is -2.07. The van der Waals surface area contributed by atoms with E-state index >= 15 is 0 Å². The van der Waals surface area contributed by atoms with Crippen LogP contribution < -0.4 is 10.8 Å². The summed E-state index contributed by atoms with van der Waals surface area (Å²) in [6.07, 6.45) is 0. The van der Waals surface area contributed by atoms with E-state index in [4.69, 9.17) is 10.0 Å². The number of anilines is 1. The minimum Gasteiger partial charge on any atom is -0.423 e. The number of nitrogens with one attached hydrogen (secondary N) is 1. The van der Waals surface area contributed by atoms with Crippen LogP contribution in [0.2, 0.25) is 0 Å². The third-order valence-corrected chi connectivity index (χ3v) is 4.06. The lowest BCUT2D eigenvalue weighted by atomic mass is 9.80. The number of benzene rings is 2. The second kappa shape index (κ2) is 5.69. The van der Waals surface area contributed by atoms with Gasteiger partial charge in [0.15, 0.2) is 0 Å². The molecule has 1 heterocycles. The second-order valence-corrected chi connectivity index (χ2v) is 5.57. The van der Waals surface area contributed by atoms with Crippen LogP contribution in [0.4, 0.5) is 5.69 Å². The summed E-state index contributed by atoms with van der Waals surface area (Å²) in [7, 11) is -1.55. The molecular formula is C15H12BNO3S. The lowest BCUT2D eigenvalue weighted by Crippen LogP contribution is -2.30. The van der Waals surface area contributed by atoms with E-state index in [-0.39, 0.29) is 5.91 Å². The highest BCUT2D eigenvalue weighted by molar-refractivity contribution is 7.17. The van der Waals surface area contributed by atoms with Gasteiger partial charge in [-0.05, 0) is 52.6 Å². The Balaban J connectivity index is 1.83. The number of fused-ring (bicyclic) bond motifs is 1. The predicted octanol–water partition coefficient (Wildman–Crippen LogP) is 1.83. The normalized spacial score (nSPS) is 10.6. The van der Waals surface area contributed by atoms with Gasteiger partial charge < -0.3 is 15.4 Å². The molecule has 2 aromatic carbocycles. The fourth-order valence-electron chi connectivity index (χ4n) is 2.09. The summed E-state index contributed by atoms with van der Waals surface area (Å²) in [6, 6.07) is 14.0. The summed E-state index contributed by atoms with van der Waals surface area (Å²) in [6.45, 7) is 0. The predicted molar refractivity (Wildman–Crippen MR) is 86.0 cm³/mol. The zero-order chi connectivity index (χ0) is 14.8. The van der Waals surface area contributed by atoms with Gasteiger partial charge in [-0.25, -0.2) is 0 Å². The van der Waals surface area contributed by atoms with E-state index in [1.807, 2.05) is 23.6 Å². The number of carbonyl (C=O) groups is 1. The van der Waals surface area contributed by atoms with Crippen LogP contribution in [0.25, 0.3) is 10.1 Å². The molecule has 0 aliphatic rings. The van der Waals surface area contributed by atoms with Gasteiger partial charge in [0.1, 0.15) is 0 Å². The molecule has 0 bridgehead atoms. The van der Waals surface area contributed by atoms with E-state index in [1.54, 1.807) is 35.6 Å². The SMILES string of the molecule is O=C(Nc1cccc(B(O)O)c1)c1ccc2sccc2c1. The van der Waals surface area contributed by atoms with Gasteiger partial charge in [-0.3, -0.25) is 4.79 Å². The molecule has 0 fully saturated rings. The van der Waals surface area contributed by atoms with E-state index < -0.39 is 7.12 Å². The summed E-state index contributed by atoms with van der Waals surface area (Å²) in [5.74, 6) is -0.229. The van der Waals surface area contributed by atoms with Crippen molar-refractivity contribution in [3.63, 3.8) is 0 Å². The number of carbonyl (C=O) groups excluding carboxylic acids is 1. The smallest absolute Gasteiger partial charge is 0.423 e. The molecule has 0 radical (unpaired) electrons. The van der Waals surface area contributed by atoms with Gasteiger partial charge in [-0.15, -0.1) is 11.3 Å². The Morgan fingerprint density at radius 2 is 1.95 bits per heavy atom. The monoisotopic (exact) mass is 297 g/mol. The molecule has 0 saturated carbocycles. The summed E-state index contributed by atoms with van der Waals surface area (Å²) in [5, 5.41) is 24.0. The van der Waals surface area contributed by atoms with Gasteiger partial charge in [0, 0.05) is 16.0 Å². The fraction of sp³-hybridized carbons (Fsp3) is 0. The molecule has 0 saturated heterocycles. The largest absolute Gasteiger partial charge is 0.488 e. The van der Waals surface area contributed by atoms with Crippen LogP contribution in [0.5, 0.6) is 0 Å². The van der Waals surface area contributed by atoms with Crippen molar-refractivity contribution >= 4 is 45.6 Å². The number of thiophene rings is 1. The van der Waals surface area contributed by atoms with Crippen molar-refractivity contribution in [3.05, 3.63) is 59.5 Å². The van der Waals surface area contributed by atoms with Crippen molar-refractivity contribution in [3.8, 4) is 0 Å². The zero-order valence-electron chi connectivity index (χ0n) is 11.0. The zero-order valence-corrected chi connectivity index (χ0v) is 11.8. The van der Waals surface area contributed by atoms with Gasteiger partial charge >= 0.3 is 7.12 Å². The number of rotatable bonds is 3. The molecular weight excluding hydrogens is 285 g/mol. The molecule has 6 heteroatoms.